The van der Waals surface area contributed by atoms with E-state index in [0.29, 0.717) is 6.42 Å². The molecule has 0 saturated heterocycles. The van der Waals surface area contributed by atoms with E-state index in [0.717, 1.165) is 12.7 Å². The van der Waals surface area contributed by atoms with Gasteiger partial charge in [0.25, 0.3) is 0 Å². The van der Waals surface area contributed by atoms with Crippen molar-refractivity contribution in [3.8, 4) is 0 Å². The van der Waals surface area contributed by atoms with Gasteiger partial charge in [0.15, 0.2) is 0 Å². The predicted molar refractivity (Wildman–Crippen MR) is 26.7 cm³/mol. The molecule has 31 valence electrons. The summed E-state index contributed by atoms with van der Waals surface area (Å²) in [4.78, 5) is 9.40. The van der Waals surface area contributed by atoms with Crippen molar-refractivity contribution in [1.82, 2.24) is 0 Å². The molecule has 0 atom stereocenters. The van der Waals surface area contributed by atoms with E-state index >= 15 is 0 Å². The number of hydrogen-bond donors (Lipinski definition) is 0. The van der Waals surface area contributed by atoms with Crippen LogP contribution in [-0.4, -0.2) is 35.8 Å². The van der Waals surface area contributed by atoms with Crippen LogP contribution in [0.4, 0.5) is 0 Å². The molecule has 1 nitrogen and oxygen atoms in total. The van der Waals surface area contributed by atoms with Crippen LogP contribution >= 0.6 is 0 Å². The van der Waals surface area contributed by atoms with Gasteiger partial charge in [-0.3, -0.25) is 0 Å². The van der Waals surface area contributed by atoms with Crippen molar-refractivity contribution in [3.63, 3.8) is 0 Å². The maximum absolute atomic E-state index is 9.40. The smallest absolute Gasteiger partial charge is 0.119 e. The molecule has 0 aliphatic rings. The van der Waals surface area contributed by atoms with E-state index in [9.17, 15) is 4.79 Å². The Morgan fingerprint density at radius 3 is 2.17 bits per heavy atom. The van der Waals surface area contributed by atoms with Crippen LogP contribution in [0, 0.1) is 0 Å². The van der Waals surface area contributed by atoms with Crippen LogP contribution in [0.15, 0.2) is 0 Å². The molecule has 0 aromatic rings. The largest absolute Gasteiger partial charge is 0.303 e. The molecule has 0 spiro atoms. The molecular formula is C4H8NaO. The maximum Gasteiger partial charge on any atom is 0.119 e. The number of hydrogen-bond acceptors (Lipinski definition) is 1. The van der Waals surface area contributed by atoms with E-state index in [1.807, 2.05) is 6.92 Å². The van der Waals surface area contributed by atoms with Crippen LogP contribution < -0.4 is 0 Å². The SMILES string of the molecule is CCCC=O.[Na]. The van der Waals surface area contributed by atoms with Gasteiger partial charge in [0.1, 0.15) is 6.29 Å². The van der Waals surface area contributed by atoms with Crippen LogP contribution in [-0.2, 0) is 4.79 Å². The molecule has 0 aliphatic carbocycles. The Balaban J connectivity index is 0. The summed E-state index contributed by atoms with van der Waals surface area (Å²) in [5.74, 6) is 0. The number of rotatable bonds is 2. The topological polar surface area (TPSA) is 17.1 Å². The van der Waals surface area contributed by atoms with E-state index < -0.39 is 0 Å². The summed E-state index contributed by atoms with van der Waals surface area (Å²) in [6, 6.07) is 0. The number of unbranched alkanes of at least 4 members (excludes halogenated alkanes) is 1. The molecule has 1 radical (unpaired) electrons. The molecule has 0 unspecified atom stereocenters. The van der Waals surface area contributed by atoms with E-state index in [1.54, 1.807) is 0 Å². The quantitative estimate of drug-likeness (QED) is 0.362. The molecule has 0 aromatic heterocycles. The minimum absolute atomic E-state index is 0. The van der Waals surface area contributed by atoms with Crippen molar-refractivity contribution in [2.45, 2.75) is 19.8 Å². The first-order chi connectivity index (χ1) is 2.41. The molecule has 0 aliphatic heterocycles. The fourth-order valence-corrected chi connectivity index (χ4v) is 0.118. The minimum atomic E-state index is 0. The Morgan fingerprint density at radius 2 is 2.17 bits per heavy atom. The van der Waals surface area contributed by atoms with Gasteiger partial charge in [-0.2, -0.15) is 0 Å². The van der Waals surface area contributed by atoms with Gasteiger partial charge >= 0.3 is 0 Å². The van der Waals surface area contributed by atoms with E-state index in [2.05, 4.69) is 0 Å². The first-order valence-corrected chi connectivity index (χ1v) is 1.85. The molecule has 0 saturated carbocycles. The van der Waals surface area contributed by atoms with Gasteiger partial charge in [-0.15, -0.1) is 0 Å². The molecule has 0 fully saturated rings. The third kappa shape index (κ3) is 8.82. The first-order valence-electron chi connectivity index (χ1n) is 1.85. The molecule has 0 rings (SSSR count). The zero-order valence-electron chi connectivity index (χ0n) is 4.40. The fourth-order valence-electron chi connectivity index (χ4n) is 0.118. The van der Waals surface area contributed by atoms with Crippen LogP contribution in [0.25, 0.3) is 0 Å². The summed E-state index contributed by atoms with van der Waals surface area (Å²) in [7, 11) is 0. The van der Waals surface area contributed by atoms with Crippen LogP contribution in [0.5, 0.6) is 0 Å². The van der Waals surface area contributed by atoms with Gasteiger partial charge in [0.2, 0.25) is 0 Å². The van der Waals surface area contributed by atoms with Gasteiger partial charge in [0, 0.05) is 36.0 Å². The minimum Gasteiger partial charge on any atom is -0.303 e. The Bertz CT molecular complexity index is 28.7. The van der Waals surface area contributed by atoms with Crippen molar-refractivity contribution < 1.29 is 4.79 Å². The summed E-state index contributed by atoms with van der Waals surface area (Å²) >= 11 is 0. The Labute approximate surface area is 60.4 Å². The zero-order chi connectivity index (χ0) is 4.12. The number of aldehydes is 1. The second kappa shape index (κ2) is 9.18. The summed E-state index contributed by atoms with van der Waals surface area (Å²) < 4.78 is 0. The Hall–Kier alpha value is 0.670. The molecule has 0 aromatic carbocycles. The summed E-state index contributed by atoms with van der Waals surface area (Å²) in [6.07, 6.45) is 2.61. The second-order valence-electron chi connectivity index (χ2n) is 0.955. The maximum atomic E-state index is 9.40. The Kier molecular flexibility index (Phi) is 15.0. The Morgan fingerprint density at radius 1 is 1.67 bits per heavy atom. The molecule has 2 heteroatoms. The third-order valence-corrected chi connectivity index (χ3v) is 0.407. The van der Waals surface area contributed by atoms with Crippen molar-refractivity contribution in [2.24, 2.45) is 0 Å². The van der Waals surface area contributed by atoms with E-state index in [1.165, 1.54) is 0 Å². The predicted octanol–water partition coefficient (Wildman–Crippen LogP) is 0.605. The van der Waals surface area contributed by atoms with Gasteiger partial charge < -0.3 is 4.79 Å². The fraction of sp³-hybridized carbons (Fsp3) is 0.750. The molecule has 6 heavy (non-hydrogen) atoms. The van der Waals surface area contributed by atoms with E-state index in [-0.39, 0.29) is 29.6 Å². The monoisotopic (exact) mass is 95.0 g/mol. The van der Waals surface area contributed by atoms with Crippen molar-refractivity contribution >= 4 is 35.8 Å². The molecule has 0 amide bonds. The third-order valence-electron chi connectivity index (χ3n) is 0.407. The average Bonchev–Trinajstić information content (AvgIpc) is 1.41. The second-order valence-corrected chi connectivity index (χ2v) is 0.955. The molecule has 0 N–H and O–H groups in total. The van der Waals surface area contributed by atoms with Gasteiger partial charge in [-0.1, -0.05) is 6.92 Å². The van der Waals surface area contributed by atoms with E-state index in [4.69, 9.17) is 0 Å². The average molecular weight is 95.1 g/mol. The van der Waals surface area contributed by atoms with Crippen molar-refractivity contribution in [1.29, 1.82) is 0 Å². The number of carbonyl (C=O) groups is 1. The van der Waals surface area contributed by atoms with Crippen LogP contribution in [0.1, 0.15) is 19.8 Å². The summed E-state index contributed by atoms with van der Waals surface area (Å²) in [6.45, 7) is 1.98. The van der Waals surface area contributed by atoms with Crippen LogP contribution in [0.3, 0.4) is 0 Å². The summed E-state index contributed by atoms with van der Waals surface area (Å²) in [5.41, 5.74) is 0. The standard InChI is InChI=1S/C4H8O.Na/c1-2-3-4-5;/h4H,2-3H2,1H3;. The summed E-state index contributed by atoms with van der Waals surface area (Å²) in [5, 5.41) is 0. The number of carbonyl (C=O) groups excluding carboxylic acids is 1. The first kappa shape index (κ1) is 9.83. The zero-order valence-corrected chi connectivity index (χ0v) is 6.40. The molecule has 0 bridgehead atoms. The van der Waals surface area contributed by atoms with Crippen LogP contribution in [0.2, 0.25) is 0 Å². The van der Waals surface area contributed by atoms with Gasteiger partial charge in [-0.05, 0) is 6.42 Å². The molecular weight excluding hydrogens is 87.0 g/mol. The van der Waals surface area contributed by atoms with Crippen molar-refractivity contribution in [3.05, 3.63) is 0 Å². The van der Waals surface area contributed by atoms with Gasteiger partial charge in [0.05, 0.1) is 0 Å². The van der Waals surface area contributed by atoms with Gasteiger partial charge in [-0.25, -0.2) is 0 Å². The molecule has 0 heterocycles. The normalized spacial score (nSPS) is 6.17. The van der Waals surface area contributed by atoms with Crippen molar-refractivity contribution in [2.75, 3.05) is 0 Å².